The van der Waals surface area contributed by atoms with Gasteiger partial charge in [0.2, 0.25) is 5.78 Å². The summed E-state index contributed by atoms with van der Waals surface area (Å²) in [7, 11) is 0. The van der Waals surface area contributed by atoms with Crippen LogP contribution < -0.4 is 5.73 Å². The van der Waals surface area contributed by atoms with Crippen LogP contribution in [0.4, 0.5) is 0 Å². The van der Waals surface area contributed by atoms with Gasteiger partial charge in [-0.2, -0.15) is 0 Å². The summed E-state index contributed by atoms with van der Waals surface area (Å²) in [5, 5.41) is 55.5. The molecule has 3 aliphatic carbocycles. The van der Waals surface area contributed by atoms with Crippen molar-refractivity contribution in [2.24, 2.45) is 17.6 Å². The van der Waals surface area contributed by atoms with Crippen LogP contribution in [0.5, 0.6) is 5.75 Å². The third-order valence-electron chi connectivity index (χ3n) is 7.81. The van der Waals surface area contributed by atoms with Crippen molar-refractivity contribution in [3.8, 4) is 16.9 Å². The molecule has 0 heterocycles. The van der Waals surface area contributed by atoms with E-state index in [0.717, 1.165) is 0 Å². The third kappa shape index (κ3) is 3.12. The van der Waals surface area contributed by atoms with Crippen molar-refractivity contribution < 1.29 is 44.7 Å². The number of primary amides is 1. The molecule has 10 nitrogen and oxygen atoms in total. The van der Waals surface area contributed by atoms with Crippen LogP contribution >= 0.6 is 0 Å². The number of hydrogen-bond donors (Lipinski definition) is 6. The highest BCUT2D eigenvalue weighted by molar-refractivity contribution is 6.23. The van der Waals surface area contributed by atoms with Gasteiger partial charge in [-0.05, 0) is 34.7 Å². The second-order valence-electron chi connectivity index (χ2n) is 9.65. The Kier molecular flexibility index (Phi) is 5.36. The first-order chi connectivity index (χ1) is 17.4. The number of benzene rings is 2. The van der Waals surface area contributed by atoms with E-state index in [1.54, 1.807) is 37.3 Å². The molecule has 2 aromatic carbocycles. The first kappa shape index (κ1) is 24.4. The SMILES string of the molecule is CC1c2c(-c3cccc(C=O)c3)ccc(O)c2C(O)=C2C(=O)C3(O)C(O)=C(C(N)=O)C(=O)CC3C(O)C21. The Balaban J connectivity index is 1.79. The number of carbonyl (C=O) groups is 4. The van der Waals surface area contributed by atoms with E-state index in [1.807, 2.05) is 0 Å². The van der Waals surface area contributed by atoms with Crippen molar-refractivity contribution in [1.82, 2.24) is 0 Å². The smallest absolute Gasteiger partial charge is 0.255 e. The topological polar surface area (TPSA) is 195 Å². The van der Waals surface area contributed by atoms with E-state index >= 15 is 0 Å². The van der Waals surface area contributed by atoms with Crippen molar-refractivity contribution in [3.05, 3.63) is 70.0 Å². The average molecular weight is 505 g/mol. The zero-order valence-corrected chi connectivity index (χ0v) is 19.5. The zero-order chi connectivity index (χ0) is 27.0. The lowest BCUT2D eigenvalue weighted by molar-refractivity contribution is -0.160. The molecular formula is C27H23NO9. The number of phenolic OH excluding ortho intramolecular Hbond substituents is 1. The maximum absolute atomic E-state index is 13.7. The normalized spacial score (nSPS) is 28.9. The lowest BCUT2D eigenvalue weighted by Gasteiger charge is -2.50. The fraction of sp³-hybridized carbons (Fsp3) is 0.259. The number of Topliss-reactive ketones (excluding diaryl/α,β-unsaturated/α-hetero) is 2. The molecule has 0 spiro atoms. The third-order valence-corrected chi connectivity index (χ3v) is 7.81. The summed E-state index contributed by atoms with van der Waals surface area (Å²) in [5.74, 6) is -9.28. The molecule has 2 aromatic rings. The molecule has 10 heteroatoms. The second-order valence-corrected chi connectivity index (χ2v) is 9.65. The van der Waals surface area contributed by atoms with E-state index in [9.17, 15) is 44.7 Å². The van der Waals surface area contributed by atoms with Gasteiger partial charge < -0.3 is 31.3 Å². The molecule has 1 amide bonds. The van der Waals surface area contributed by atoms with E-state index in [0.29, 0.717) is 28.5 Å². The van der Waals surface area contributed by atoms with Gasteiger partial charge >= 0.3 is 0 Å². The van der Waals surface area contributed by atoms with Gasteiger partial charge in [-0.1, -0.05) is 31.2 Å². The number of amides is 1. The highest BCUT2D eigenvalue weighted by Crippen LogP contribution is 2.57. The number of hydrogen-bond acceptors (Lipinski definition) is 9. The summed E-state index contributed by atoms with van der Waals surface area (Å²) >= 11 is 0. The molecule has 7 N–H and O–H groups in total. The first-order valence-corrected chi connectivity index (χ1v) is 11.5. The first-order valence-electron chi connectivity index (χ1n) is 11.5. The fourth-order valence-corrected chi connectivity index (χ4v) is 6.11. The Morgan fingerprint density at radius 2 is 1.84 bits per heavy atom. The average Bonchev–Trinajstić information content (AvgIpc) is 2.86. The van der Waals surface area contributed by atoms with Gasteiger partial charge in [-0.3, -0.25) is 19.2 Å². The van der Waals surface area contributed by atoms with Crippen LogP contribution in [0, 0.1) is 11.8 Å². The summed E-state index contributed by atoms with van der Waals surface area (Å²) in [4.78, 5) is 49.4. The molecule has 5 rings (SSSR count). The number of aliphatic hydroxyl groups excluding tert-OH is 3. The Morgan fingerprint density at radius 3 is 2.49 bits per heavy atom. The number of carbonyl (C=O) groups excluding carboxylic acids is 4. The monoisotopic (exact) mass is 505 g/mol. The van der Waals surface area contributed by atoms with Gasteiger partial charge in [0.1, 0.15) is 29.1 Å². The van der Waals surface area contributed by atoms with Crippen molar-refractivity contribution in [1.29, 1.82) is 0 Å². The summed E-state index contributed by atoms with van der Waals surface area (Å²) in [6.07, 6.45) is -1.61. The van der Waals surface area contributed by atoms with Gasteiger partial charge in [0.05, 0.1) is 11.7 Å². The molecule has 190 valence electrons. The van der Waals surface area contributed by atoms with Crippen molar-refractivity contribution in [2.75, 3.05) is 0 Å². The van der Waals surface area contributed by atoms with Gasteiger partial charge in [-0.25, -0.2) is 0 Å². The number of aliphatic hydroxyl groups is 4. The Labute approximate surface area is 210 Å². The highest BCUT2D eigenvalue weighted by atomic mass is 16.4. The van der Waals surface area contributed by atoms with E-state index < -0.39 is 76.0 Å². The van der Waals surface area contributed by atoms with Crippen LogP contribution in [0.1, 0.15) is 40.7 Å². The minimum atomic E-state index is -2.89. The maximum Gasteiger partial charge on any atom is 0.255 e. The number of aromatic hydroxyl groups is 1. The highest BCUT2D eigenvalue weighted by Gasteiger charge is 2.65. The largest absolute Gasteiger partial charge is 0.508 e. The summed E-state index contributed by atoms with van der Waals surface area (Å²) in [6.45, 7) is 1.65. The predicted molar refractivity (Wildman–Crippen MR) is 128 cm³/mol. The molecule has 1 saturated carbocycles. The number of phenols is 1. The molecule has 1 fully saturated rings. The van der Waals surface area contributed by atoms with E-state index in [1.165, 1.54) is 6.07 Å². The molecule has 0 aliphatic heterocycles. The molecule has 3 aliphatic rings. The molecule has 0 radical (unpaired) electrons. The van der Waals surface area contributed by atoms with E-state index in [4.69, 9.17) is 5.73 Å². The quantitative estimate of drug-likeness (QED) is 0.264. The van der Waals surface area contributed by atoms with Gasteiger partial charge in [0, 0.05) is 29.4 Å². The van der Waals surface area contributed by atoms with Crippen LogP contribution in [0.2, 0.25) is 0 Å². The van der Waals surface area contributed by atoms with Gasteiger partial charge in [0.15, 0.2) is 11.4 Å². The van der Waals surface area contributed by atoms with Gasteiger partial charge in [-0.15, -0.1) is 0 Å². The summed E-state index contributed by atoms with van der Waals surface area (Å²) in [6, 6.07) is 9.47. The number of nitrogens with two attached hydrogens (primary N) is 1. The van der Waals surface area contributed by atoms with Crippen molar-refractivity contribution in [3.63, 3.8) is 0 Å². The Hall–Kier alpha value is -4.28. The van der Waals surface area contributed by atoms with Crippen LogP contribution in [0.3, 0.4) is 0 Å². The number of aldehydes is 1. The summed E-state index contributed by atoms with van der Waals surface area (Å²) in [5.41, 5.74) is 2.66. The predicted octanol–water partition coefficient (Wildman–Crippen LogP) is 1.44. The fourth-order valence-electron chi connectivity index (χ4n) is 6.11. The minimum Gasteiger partial charge on any atom is -0.508 e. The molecular weight excluding hydrogens is 482 g/mol. The number of fused-ring (bicyclic) bond motifs is 3. The summed E-state index contributed by atoms with van der Waals surface area (Å²) < 4.78 is 0. The van der Waals surface area contributed by atoms with Gasteiger partial charge in [0.25, 0.3) is 5.91 Å². The van der Waals surface area contributed by atoms with E-state index in [2.05, 4.69) is 0 Å². The second kappa shape index (κ2) is 8.12. The van der Waals surface area contributed by atoms with E-state index in [-0.39, 0.29) is 11.3 Å². The van der Waals surface area contributed by atoms with Crippen LogP contribution in [-0.2, 0) is 14.4 Å². The van der Waals surface area contributed by atoms with Crippen molar-refractivity contribution in [2.45, 2.75) is 31.0 Å². The molecule has 0 bridgehead atoms. The molecule has 37 heavy (non-hydrogen) atoms. The molecule has 0 aromatic heterocycles. The van der Waals surface area contributed by atoms with Crippen LogP contribution in [0.15, 0.2) is 53.3 Å². The Bertz CT molecular complexity index is 1490. The Morgan fingerprint density at radius 1 is 1.14 bits per heavy atom. The molecule has 0 saturated heterocycles. The lowest BCUT2D eigenvalue weighted by atomic mass is 9.55. The van der Waals surface area contributed by atoms with Crippen LogP contribution in [0.25, 0.3) is 16.9 Å². The zero-order valence-electron chi connectivity index (χ0n) is 19.5. The lowest BCUT2D eigenvalue weighted by Crippen LogP contribution is -2.63. The standard InChI is InChI=1S/C27H23NO9/c1-10-17-13(12-4-2-3-11(7-12)9-29)5-6-15(30)19(17)23(33)21-18(10)22(32)14-8-16(31)20(26(28)36)24(34)27(14,37)25(21)35/h2-7,9-10,14,18,22,30,32-34,37H,8H2,1H3,(H2,28,36). The maximum atomic E-state index is 13.7. The molecule has 5 unspecified atom stereocenters. The van der Waals surface area contributed by atoms with Crippen molar-refractivity contribution >= 4 is 29.5 Å². The minimum absolute atomic E-state index is 0.110. The van der Waals surface area contributed by atoms with Crippen LogP contribution in [-0.4, -0.2) is 61.0 Å². The number of rotatable bonds is 3. The number of ketones is 2. The molecule has 5 atom stereocenters.